The third-order valence-electron chi connectivity index (χ3n) is 13.7. The Kier molecular flexibility index (Phi) is 13.2. The van der Waals surface area contributed by atoms with E-state index < -0.39 is 29.7 Å². The van der Waals surface area contributed by atoms with E-state index >= 15 is 0 Å². The molecule has 0 spiro atoms. The lowest BCUT2D eigenvalue weighted by molar-refractivity contribution is -0.136. The predicted molar refractivity (Wildman–Crippen MR) is 242 cm³/mol. The Hall–Kier alpha value is -5.94. The van der Waals surface area contributed by atoms with Crippen molar-refractivity contribution < 1.29 is 28.7 Å². The van der Waals surface area contributed by atoms with Gasteiger partial charge in [0.15, 0.2) is 0 Å². The van der Waals surface area contributed by atoms with Crippen LogP contribution in [0.4, 0.5) is 23.3 Å². The summed E-state index contributed by atoms with van der Waals surface area (Å²) < 4.78 is 7.83. The number of likely N-dealkylation sites (tertiary alicyclic amines) is 1. The second-order valence-corrected chi connectivity index (χ2v) is 17.9. The summed E-state index contributed by atoms with van der Waals surface area (Å²) in [7, 11) is 1.77. The predicted octanol–water partition coefficient (Wildman–Crippen LogP) is 5.57. The second kappa shape index (κ2) is 19.4. The molecule has 3 aromatic heterocycles. The van der Waals surface area contributed by atoms with Crippen LogP contribution < -0.4 is 26.2 Å². The lowest BCUT2D eigenvalue weighted by atomic mass is 10.0. The van der Waals surface area contributed by atoms with Gasteiger partial charge in [-0.25, -0.2) is 9.97 Å². The SMILES string of the molecule is COC1CCN(c2nccc(Nc3cc4c(cn3)c(C(=O)NC3CCN(CCCCCCNc5cccc6c5C(=O)N(C5CCC(=O)NC5=O)C6=O)CC3)cn4C3CCCC3)n2)CC1. The second-order valence-electron chi connectivity index (χ2n) is 17.9. The molecule has 0 bridgehead atoms. The first-order chi connectivity index (χ1) is 31.2. The van der Waals surface area contributed by atoms with Crippen molar-refractivity contribution in [3.8, 4) is 0 Å². The number of fused-ring (bicyclic) bond motifs is 2. The number of aromatic nitrogens is 4. The Balaban J connectivity index is 0.727. The number of unbranched alkanes of at least 4 members (excludes halogenated alkanes) is 3. The van der Waals surface area contributed by atoms with E-state index in [2.05, 4.69) is 40.6 Å². The average molecular weight is 874 g/mol. The molecule has 338 valence electrons. The molecule has 64 heavy (non-hydrogen) atoms. The number of nitrogens with one attached hydrogen (secondary N) is 4. The third kappa shape index (κ3) is 9.32. The van der Waals surface area contributed by atoms with Crippen LogP contribution in [-0.2, 0) is 14.3 Å². The summed E-state index contributed by atoms with van der Waals surface area (Å²) in [6.45, 7) is 5.22. The summed E-state index contributed by atoms with van der Waals surface area (Å²) >= 11 is 0. The molecule has 4 aliphatic heterocycles. The number of rotatable bonds is 16. The lowest BCUT2D eigenvalue weighted by Crippen LogP contribution is -2.54. The molecule has 5 amide bonds. The van der Waals surface area contributed by atoms with Gasteiger partial charge >= 0.3 is 0 Å². The highest BCUT2D eigenvalue weighted by Gasteiger charge is 2.45. The highest BCUT2D eigenvalue weighted by atomic mass is 16.5. The molecule has 4 N–H and O–H groups in total. The van der Waals surface area contributed by atoms with Crippen LogP contribution >= 0.6 is 0 Å². The topological polar surface area (TPSA) is 196 Å². The van der Waals surface area contributed by atoms with Crippen LogP contribution in [0.15, 0.2) is 48.9 Å². The van der Waals surface area contributed by atoms with E-state index in [0.29, 0.717) is 41.4 Å². The van der Waals surface area contributed by atoms with E-state index in [0.717, 1.165) is 113 Å². The fraction of sp³-hybridized carbons (Fsp3) is 0.532. The van der Waals surface area contributed by atoms with E-state index in [4.69, 9.17) is 14.7 Å². The van der Waals surface area contributed by atoms with Crippen LogP contribution in [-0.4, -0.2) is 123 Å². The maximum Gasteiger partial charge on any atom is 0.264 e. The smallest absolute Gasteiger partial charge is 0.264 e. The Bertz CT molecular complexity index is 2380. The summed E-state index contributed by atoms with van der Waals surface area (Å²) in [6.07, 6.45) is 18.4. The molecule has 9 rings (SSSR count). The van der Waals surface area contributed by atoms with E-state index in [-0.39, 0.29) is 42.0 Å². The van der Waals surface area contributed by atoms with E-state index in [9.17, 15) is 24.0 Å². The fourth-order valence-corrected chi connectivity index (χ4v) is 10.1. The van der Waals surface area contributed by atoms with Crippen molar-refractivity contribution in [3.63, 3.8) is 0 Å². The maximum atomic E-state index is 13.9. The zero-order valence-corrected chi connectivity index (χ0v) is 36.7. The Morgan fingerprint density at radius 1 is 0.875 bits per heavy atom. The summed E-state index contributed by atoms with van der Waals surface area (Å²) in [4.78, 5) is 84.4. The Labute approximate surface area is 373 Å². The van der Waals surface area contributed by atoms with Crippen LogP contribution in [0.25, 0.3) is 10.9 Å². The van der Waals surface area contributed by atoms with Crippen LogP contribution in [0.2, 0.25) is 0 Å². The molecule has 4 fully saturated rings. The first-order valence-electron chi connectivity index (χ1n) is 23.2. The molecule has 1 unspecified atom stereocenters. The van der Waals surface area contributed by atoms with Crippen molar-refractivity contribution in [2.45, 2.75) is 114 Å². The minimum Gasteiger partial charge on any atom is -0.384 e. The maximum absolute atomic E-state index is 13.9. The van der Waals surface area contributed by atoms with Crippen molar-refractivity contribution >= 4 is 63.7 Å². The molecule has 1 saturated carbocycles. The highest BCUT2D eigenvalue weighted by Crippen LogP contribution is 2.36. The van der Waals surface area contributed by atoms with Gasteiger partial charge in [0.05, 0.1) is 28.3 Å². The van der Waals surface area contributed by atoms with Gasteiger partial charge in [-0.05, 0) is 82.5 Å². The van der Waals surface area contributed by atoms with Gasteiger partial charge in [0.2, 0.25) is 17.8 Å². The summed E-state index contributed by atoms with van der Waals surface area (Å²) in [6, 6.07) is 8.51. The van der Waals surface area contributed by atoms with E-state index in [1.54, 1.807) is 31.5 Å². The number of ether oxygens (including phenoxy) is 1. The van der Waals surface area contributed by atoms with Crippen molar-refractivity contribution in [1.29, 1.82) is 0 Å². The van der Waals surface area contributed by atoms with E-state index in [1.807, 2.05) is 24.5 Å². The number of methoxy groups -OCH3 is 1. The molecule has 0 radical (unpaired) electrons. The minimum absolute atomic E-state index is 0.0444. The first-order valence-corrected chi connectivity index (χ1v) is 23.2. The molecule has 5 aliphatic rings. The normalized spacial score (nSPS) is 20.3. The van der Waals surface area contributed by atoms with Gasteiger partial charge < -0.3 is 35.1 Å². The van der Waals surface area contributed by atoms with Gasteiger partial charge in [0.25, 0.3) is 17.7 Å². The van der Waals surface area contributed by atoms with Crippen LogP contribution in [0.5, 0.6) is 0 Å². The number of piperidine rings is 3. The summed E-state index contributed by atoms with van der Waals surface area (Å²) in [5.41, 5.74) is 2.83. The Morgan fingerprint density at radius 2 is 1.67 bits per heavy atom. The largest absolute Gasteiger partial charge is 0.384 e. The van der Waals surface area contributed by atoms with Gasteiger partial charge in [-0.1, -0.05) is 31.7 Å². The standard InChI is InChI=1S/C47H59N11O6/c1-64-32-18-25-56(26-19-32)47-49-21-15-39(53-47)52-40-27-38-34(28-50-40)35(29-57(38)31-9-4-5-10-31)43(60)51-30-16-23-55(24-17-30)22-7-3-2-6-20-48-36-12-8-11-33-42(36)46(63)58(45(33)62)37-13-14-41(59)54-44(37)61/h8,11-12,15,21,27-32,37,48H,2-7,9-10,13-14,16-20,22-26H2,1H3,(H,51,60)(H,54,59,61)(H,49,50,52,53). The molecule has 4 aromatic rings. The number of benzene rings is 1. The first kappa shape index (κ1) is 43.3. The molecular weight excluding hydrogens is 815 g/mol. The van der Waals surface area contributed by atoms with Crippen LogP contribution in [0.3, 0.4) is 0 Å². The number of nitrogens with zero attached hydrogens (tertiary/aromatic N) is 7. The number of amides is 5. The zero-order valence-electron chi connectivity index (χ0n) is 36.7. The number of hydrogen-bond donors (Lipinski definition) is 4. The molecule has 17 heteroatoms. The van der Waals surface area contributed by atoms with Crippen molar-refractivity contribution in [2.24, 2.45) is 0 Å². The quantitative estimate of drug-likeness (QED) is 0.0807. The van der Waals surface area contributed by atoms with E-state index in [1.165, 1.54) is 12.8 Å². The molecule has 17 nitrogen and oxygen atoms in total. The van der Waals surface area contributed by atoms with Crippen molar-refractivity contribution in [2.75, 3.05) is 61.9 Å². The minimum atomic E-state index is -0.985. The number of hydrogen-bond acceptors (Lipinski definition) is 13. The van der Waals surface area contributed by atoms with Crippen LogP contribution in [0, 0.1) is 0 Å². The van der Waals surface area contributed by atoms with Gasteiger partial charge in [-0.3, -0.25) is 34.2 Å². The summed E-state index contributed by atoms with van der Waals surface area (Å²) in [5.74, 6) is -0.0113. The molecule has 7 heterocycles. The molecule has 3 saturated heterocycles. The third-order valence-corrected chi connectivity index (χ3v) is 13.7. The monoisotopic (exact) mass is 873 g/mol. The van der Waals surface area contributed by atoms with Crippen LogP contribution in [0.1, 0.15) is 127 Å². The van der Waals surface area contributed by atoms with Gasteiger partial charge in [0.1, 0.15) is 17.7 Å². The van der Waals surface area contributed by atoms with Gasteiger partial charge in [-0.15, -0.1) is 0 Å². The number of carbonyl (C=O) groups is 5. The fourth-order valence-electron chi connectivity index (χ4n) is 10.1. The summed E-state index contributed by atoms with van der Waals surface area (Å²) in [5, 5.41) is 13.2. The van der Waals surface area contributed by atoms with Gasteiger partial charge in [-0.2, -0.15) is 4.98 Å². The van der Waals surface area contributed by atoms with Gasteiger partial charge in [0, 0.05) is 94.1 Å². The number of anilines is 4. The Morgan fingerprint density at radius 3 is 2.45 bits per heavy atom. The zero-order chi connectivity index (χ0) is 44.2. The lowest BCUT2D eigenvalue weighted by Gasteiger charge is -2.32. The number of imide groups is 2. The number of carbonyl (C=O) groups excluding carboxylic acids is 5. The highest BCUT2D eigenvalue weighted by molar-refractivity contribution is 6.25. The van der Waals surface area contributed by atoms with Crippen molar-refractivity contribution in [1.82, 2.24) is 40.0 Å². The average Bonchev–Trinajstić information content (AvgIpc) is 4.04. The molecule has 1 atom stereocenters. The van der Waals surface area contributed by atoms with Crippen molar-refractivity contribution in [3.05, 3.63) is 65.6 Å². The molecular formula is C47H59N11O6. The number of pyridine rings is 1. The molecule has 1 aliphatic carbocycles. The molecule has 1 aromatic carbocycles.